The van der Waals surface area contributed by atoms with E-state index in [9.17, 15) is 0 Å². The molecule has 33 heavy (non-hydrogen) atoms. The summed E-state index contributed by atoms with van der Waals surface area (Å²) < 4.78 is 0. The first kappa shape index (κ1) is 27.6. The van der Waals surface area contributed by atoms with Gasteiger partial charge in [-0.3, -0.25) is 0 Å². The van der Waals surface area contributed by atoms with Crippen molar-refractivity contribution in [1.82, 2.24) is 0 Å². The lowest BCUT2D eigenvalue weighted by Gasteiger charge is -2.41. The molecule has 0 amide bonds. The zero-order valence-corrected chi connectivity index (χ0v) is 23.1. The number of unbranched alkanes of at least 4 members (excludes halogenated alkanes) is 9. The van der Waals surface area contributed by atoms with Crippen LogP contribution in [0.5, 0.6) is 0 Å². The Hall–Kier alpha value is 0. The molecule has 0 N–H and O–H groups in total. The van der Waals surface area contributed by atoms with E-state index in [-0.39, 0.29) is 0 Å². The van der Waals surface area contributed by atoms with Crippen molar-refractivity contribution >= 4 is 0 Å². The first-order valence-electron chi connectivity index (χ1n) is 16.3. The molecule has 0 atom stereocenters. The highest BCUT2D eigenvalue weighted by atomic mass is 14.4. The molecule has 0 nitrogen and oxygen atoms in total. The van der Waals surface area contributed by atoms with Gasteiger partial charge in [-0.05, 0) is 86.9 Å². The highest BCUT2D eigenvalue weighted by Crippen LogP contribution is 2.46. The fourth-order valence-electron chi connectivity index (χ4n) is 8.23. The zero-order valence-electron chi connectivity index (χ0n) is 23.1. The van der Waals surface area contributed by atoms with Crippen LogP contribution in [0.1, 0.15) is 174 Å². The fraction of sp³-hybridized carbons (Fsp3) is 1.00. The summed E-state index contributed by atoms with van der Waals surface area (Å²) in [6.45, 7) is 4.66. The second-order valence-electron chi connectivity index (χ2n) is 13.0. The monoisotopic (exact) mass is 458 g/mol. The van der Waals surface area contributed by atoms with Gasteiger partial charge in [-0.2, -0.15) is 0 Å². The molecule has 0 aliphatic heterocycles. The molecule has 3 aliphatic rings. The van der Waals surface area contributed by atoms with Crippen LogP contribution < -0.4 is 0 Å². The highest BCUT2D eigenvalue weighted by Gasteiger charge is 2.34. The minimum atomic E-state index is 1.09. The van der Waals surface area contributed by atoms with Gasteiger partial charge in [-0.15, -0.1) is 0 Å². The van der Waals surface area contributed by atoms with Crippen LogP contribution in [0.25, 0.3) is 0 Å². The molecule has 3 aliphatic carbocycles. The second kappa shape index (κ2) is 16.6. The van der Waals surface area contributed by atoms with Crippen LogP contribution >= 0.6 is 0 Å². The second-order valence-corrected chi connectivity index (χ2v) is 13.0. The SMILES string of the molecule is CCCCCCCCCC1CCC(C2CCC(C3CCC(CCCCCC)CC3)CC2)CC1. The van der Waals surface area contributed by atoms with Crippen LogP contribution in [-0.4, -0.2) is 0 Å². The van der Waals surface area contributed by atoms with Crippen LogP contribution in [0.2, 0.25) is 0 Å². The standard InChI is InChI=1S/C33H62/c1-3-5-7-9-10-11-13-15-29-18-22-31(23-19-29)33-26-24-32(25-27-33)30-20-16-28(17-21-30)14-12-8-6-4-2/h28-33H,3-27H2,1-2H3. The quantitative estimate of drug-likeness (QED) is 0.214. The topological polar surface area (TPSA) is 0 Å². The van der Waals surface area contributed by atoms with Crippen molar-refractivity contribution < 1.29 is 0 Å². The third-order valence-electron chi connectivity index (χ3n) is 10.6. The van der Waals surface area contributed by atoms with Crippen molar-refractivity contribution in [3.05, 3.63) is 0 Å². The zero-order chi connectivity index (χ0) is 23.1. The lowest BCUT2D eigenvalue weighted by molar-refractivity contribution is 0.102. The minimum Gasteiger partial charge on any atom is -0.0654 e. The smallest absolute Gasteiger partial charge is 0.0386 e. The van der Waals surface area contributed by atoms with Crippen molar-refractivity contribution in [3.63, 3.8) is 0 Å². The molecule has 0 bridgehead atoms. The molecule has 3 rings (SSSR count). The minimum absolute atomic E-state index is 1.09. The molecule has 0 unspecified atom stereocenters. The predicted molar refractivity (Wildman–Crippen MR) is 148 cm³/mol. The summed E-state index contributed by atoms with van der Waals surface area (Å²) in [4.78, 5) is 0. The average molecular weight is 459 g/mol. The van der Waals surface area contributed by atoms with Gasteiger partial charge in [-0.25, -0.2) is 0 Å². The molecule has 0 heteroatoms. The molecular formula is C33H62. The van der Waals surface area contributed by atoms with E-state index >= 15 is 0 Å². The van der Waals surface area contributed by atoms with Gasteiger partial charge in [0.1, 0.15) is 0 Å². The summed E-state index contributed by atoms with van der Waals surface area (Å²) in [6.07, 6.45) is 38.2. The molecule has 0 spiro atoms. The maximum atomic E-state index is 2.34. The molecule has 3 saturated carbocycles. The maximum Gasteiger partial charge on any atom is -0.0386 e. The summed E-state index contributed by atoms with van der Waals surface area (Å²) >= 11 is 0. The van der Waals surface area contributed by atoms with E-state index in [0.29, 0.717) is 0 Å². The summed E-state index contributed by atoms with van der Waals surface area (Å²) in [5.74, 6) is 6.60. The lowest BCUT2D eigenvalue weighted by Crippen LogP contribution is -2.29. The third kappa shape index (κ3) is 10.3. The van der Waals surface area contributed by atoms with Gasteiger partial charge in [0.2, 0.25) is 0 Å². The Morgan fingerprint density at radius 2 is 0.606 bits per heavy atom. The number of hydrogen-bond donors (Lipinski definition) is 0. The molecular weight excluding hydrogens is 396 g/mol. The molecule has 0 saturated heterocycles. The van der Waals surface area contributed by atoms with E-state index < -0.39 is 0 Å². The average Bonchev–Trinajstić information content (AvgIpc) is 2.87. The molecule has 0 aromatic carbocycles. The molecule has 0 aromatic heterocycles. The lowest BCUT2D eigenvalue weighted by atomic mass is 9.64. The molecule has 0 heterocycles. The molecule has 0 aromatic rings. The number of rotatable bonds is 15. The van der Waals surface area contributed by atoms with Crippen LogP contribution in [-0.2, 0) is 0 Å². The Labute approximate surface area is 209 Å². The Bertz CT molecular complexity index is 443. The van der Waals surface area contributed by atoms with E-state index in [4.69, 9.17) is 0 Å². The Morgan fingerprint density at radius 1 is 0.333 bits per heavy atom. The summed E-state index contributed by atoms with van der Waals surface area (Å²) in [6, 6.07) is 0. The van der Waals surface area contributed by atoms with Crippen molar-refractivity contribution in [3.8, 4) is 0 Å². The van der Waals surface area contributed by atoms with E-state index in [1.807, 2.05) is 0 Å². The van der Waals surface area contributed by atoms with Crippen molar-refractivity contribution in [2.24, 2.45) is 35.5 Å². The maximum absolute atomic E-state index is 2.34. The van der Waals surface area contributed by atoms with E-state index in [1.54, 1.807) is 89.9 Å². The van der Waals surface area contributed by atoms with Gasteiger partial charge in [-0.1, -0.05) is 123 Å². The molecule has 194 valence electrons. The summed E-state index contributed by atoms with van der Waals surface area (Å²) in [5.41, 5.74) is 0. The largest absolute Gasteiger partial charge is 0.0654 e. The van der Waals surface area contributed by atoms with Crippen molar-refractivity contribution in [2.45, 2.75) is 174 Å². The number of hydrogen-bond acceptors (Lipinski definition) is 0. The van der Waals surface area contributed by atoms with Gasteiger partial charge >= 0.3 is 0 Å². The van der Waals surface area contributed by atoms with Crippen LogP contribution in [0.15, 0.2) is 0 Å². The van der Waals surface area contributed by atoms with Gasteiger partial charge in [0, 0.05) is 0 Å². The highest BCUT2D eigenvalue weighted by molar-refractivity contribution is 4.86. The normalized spacial score (nSPS) is 33.3. The first-order chi connectivity index (χ1) is 16.3. The van der Waals surface area contributed by atoms with Gasteiger partial charge in [0.15, 0.2) is 0 Å². The Kier molecular flexibility index (Phi) is 13.9. The molecule has 3 fully saturated rings. The van der Waals surface area contributed by atoms with E-state index in [0.717, 1.165) is 35.5 Å². The van der Waals surface area contributed by atoms with Gasteiger partial charge < -0.3 is 0 Å². The Morgan fingerprint density at radius 3 is 0.970 bits per heavy atom. The summed E-state index contributed by atoms with van der Waals surface area (Å²) in [7, 11) is 0. The van der Waals surface area contributed by atoms with Crippen LogP contribution in [0.4, 0.5) is 0 Å². The van der Waals surface area contributed by atoms with E-state index in [1.165, 1.54) is 70.6 Å². The van der Waals surface area contributed by atoms with E-state index in [2.05, 4.69) is 13.8 Å². The fourth-order valence-corrected chi connectivity index (χ4v) is 8.23. The van der Waals surface area contributed by atoms with Gasteiger partial charge in [0.05, 0.1) is 0 Å². The Balaban J connectivity index is 1.21. The van der Waals surface area contributed by atoms with Crippen molar-refractivity contribution in [2.75, 3.05) is 0 Å². The van der Waals surface area contributed by atoms with Crippen molar-refractivity contribution in [1.29, 1.82) is 0 Å². The van der Waals surface area contributed by atoms with Gasteiger partial charge in [0.25, 0.3) is 0 Å². The molecule has 0 radical (unpaired) electrons. The van der Waals surface area contributed by atoms with Crippen LogP contribution in [0.3, 0.4) is 0 Å². The third-order valence-corrected chi connectivity index (χ3v) is 10.6. The predicted octanol–water partition coefficient (Wildman–Crippen LogP) is 11.5. The van der Waals surface area contributed by atoms with Crippen LogP contribution in [0, 0.1) is 35.5 Å². The first-order valence-corrected chi connectivity index (χ1v) is 16.3. The summed E-state index contributed by atoms with van der Waals surface area (Å²) in [5, 5.41) is 0.